The Morgan fingerprint density at radius 3 is 2.65 bits per heavy atom. The Morgan fingerprint density at radius 1 is 1.13 bits per heavy atom. The van der Waals surface area contributed by atoms with Crippen molar-refractivity contribution in [2.45, 2.75) is 75.4 Å². The van der Waals surface area contributed by atoms with Crippen LogP contribution in [0.15, 0.2) is 53.4 Å². The standard InChI is InChI=1S/C33H43N3O9S/c1-33(2,13-6-7-14-34)22-36(46(39,40)24-10-11-28-29(19-24)42-17-16-41-28)20-27(37)26(18-23-8-4-3-5-9-23)35-32(38)45-30-21-44-31-25(30)12-15-43-31/h3-5,8-11,19,25-27,30-31,37H,6-7,12-13,15-18,20-22H2,1-2H3,(H,35,38)/t25-,26-,27+,30-,31+/m0/s1. The molecule has 250 valence electrons. The van der Waals surface area contributed by atoms with Gasteiger partial charge in [0.25, 0.3) is 0 Å². The van der Waals surface area contributed by atoms with Crippen LogP contribution in [0.3, 0.4) is 0 Å². The summed E-state index contributed by atoms with van der Waals surface area (Å²) < 4.78 is 57.8. The highest BCUT2D eigenvalue weighted by atomic mass is 32.2. The molecule has 0 radical (unpaired) electrons. The molecule has 0 spiro atoms. The molecule has 3 aliphatic rings. The molecule has 2 N–H and O–H groups in total. The van der Waals surface area contributed by atoms with Crippen LogP contribution in [0.2, 0.25) is 0 Å². The minimum Gasteiger partial charge on any atom is -0.486 e. The first-order valence-electron chi connectivity index (χ1n) is 15.7. The summed E-state index contributed by atoms with van der Waals surface area (Å²) in [6, 6.07) is 15.1. The first-order valence-corrected chi connectivity index (χ1v) is 17.2. The fourth-order valence-electron chi connectivity index (χ4n) is 6.14. The number of benzene rings is 2. The topological polar surface area (TPSA) is 157 Å². The number of unbranched alkanes of at least 4 members (excludes halogenated alkanes) is 1. The molecule has 12 nitrogen and oxygen atoms in total. The van der Waals surface area contributed by atoms with E-state index in [0.29, 0.717) is 50.6 Å². The molecule has 1 amide bonds. The van der Waals surface area contributed by atoms with E-state index in [1.807, 2.05) is 44.2 Å². The van der Waals surface area contributed by atoms with Gasteiger partial charge in [0.05, 0.1) is 42.2 Å². The zero-order valence-corrected chi connectivity index (χ0v) is 27.1. The van der Waals surface area contributed by atoms with Gasteiger partial charge in [-0.05, 0) is 48.8 Å². The van der Waals surface area contributed by atoms with Gasteiger partial charge in [-0.2, -0.15) is 9.57 Å². The van der Waals surface area contributed by atoms with E-state index in [1.165, 1.54) is 16.4 Å². The summed E-state index contributed by atoms with van der Waals surface area (Å²) in [6.45, 7) is 5.06. The Hall–Kier alpha value is -3.41. The molecule has 3 aliphatic heterocycles. The number of carbonyl (C=O) groups is 1. The summed E-state index contributed by atoms with van der Waals surface area (Å²) in [7, 11) is -4.16. The number of hydrogen-bond acceptors (Lipinski definition) is 10. The first-order chi connectivity index (χ1) is 22.1. The maximum Gasteiger partial charge on any atom is 0.407 e. The largest absolute Gasteiger partial charge is 0.486 e. The van der Waals surface area contributed by atoms with Crippen molar-refractivity contribution in [3.8, 4) is 17.6 Å². The number of amides is 1. The summed E-state index contributed by atoms with van der Waals surface area (Å²) in [5.41, 5.74) is 0.319. The number of rotatable bonds is 14. The molecule has 0 aliphatic carbocycles. The van der Waals surface area contributed by atoms with E-state index in [0.717, 1.165) is 12.0 Å². The minimum absolute atomic E-state index is 0.00155. The molecule has 2 saturated heterocycles. The second kappa shape index (κ2) is 15.0. The molecule has 3 heterocycles. The normalized spacial score (nSPS) is 22.1. The Morgan fingerprint density at radius 2 is 1.89 bits per heavy atom. The third-order valence-corrected chi connectivity index (χ3v) is 10.4. The predicted molar refractivity (Wildman–Crippen MR) is 167 cm³/mol. The number of nitrogens with one attached hydrogen (secondary N) is 1. The van der Waals surface area contributed by atoms with Gasteiger partial charge in [-0.15, -0.1) is 0 Å². The van der Waals surface area contributed by atoms with Gasteiger partial charge in [-0.3, -0.25) is 0 Å². The second-order valence-corrected chi connectivity index (χ2v) is 14.7. The van der Waals surface area contributed by atoms with E-state index in [9.17, 15) is 18.3 Å². The lowest BCUT2D eigenvalue weighted by Crippen LogP contribution is -2.52. The van der Waals surface area contributed by atoms with Gasteiger partial charge in [0.15, 0.2) is 17.8 Å². The van der Waals surface area contributed by atoms with Crippen molar-refractivity contribution in [1.82, 2.24) is 9.62 Å². The summed E-state index contributed by atoms with van der Waals surface area (Å²) in [5, 5.41) is 23.6. The van der Waals surface area contributed by atoms with Gasteiger partial charge >= 0.3 is 6.09 Å². The molecular weight excluding hydrogens is 614 g/mol. The molecular formula is C33H43N3O9S. The molecule has 2 aromatic carbocycles. The van der Waals surface area contributed by atoms with Crippen molar-refractivity contribution in [3.05, 3.63) is 54.1 Å². The van der Waals surface area contributed by atoms with E-state index >= 15 is 0 Å². The van der Waals surface area contributed by atoms with Crippen LogP contribution in [0.25, 0.3) is 0 Å². The summed E-state index contributed by atoms with van der Waals surface area (Å²) in [4.78, 5) is 13.2. The van der Waals surface area contributed by atoms with Crippen LogP contribution in [0.1, 0.15) is 45.1 Å². The number of nitrogens with zero attached hydrogens (tertiary/aromatic N) is 2. The highest BCUT2D eigenvalue weighted by molar-refractivity contribution is 7.89. The van der Waals surface area contributed by atoms with Crippen molar-refractivity contribution < 1.29 is 42.0 Å². The highest BCUT2D eigenvalue weighted by Gasteiger charge is 2.44. The number of hydrogen-bond donors (Lipinski definition) is 2. The lowest BCUT2D eigenvalue weighted by Gasteiger charge is -2.35. The van der Waals surface area contributed by atoms with Crippen LogP contribution >= 0.6 is 0 Å². The van der Waals surface area contributed by atoms with Gasteiger partial charge < -0.3 is 34.1 Å². The van der Waals surface area contributed by atoms with Crippen LogP contribution in [-0.2, 0) is 30.7 Å². The summed E-state index contributed by atoms with van der Waals surface area (Å²) in [5.74, 6) is 0.735. The van der Waals surface area contributed by atoms with Crippen molar-refractivity contribution in [3.63, 3.8) is 0 Å². The Kier molecular flexibility index (Phi) is 11.1. The van der Waals surface area contributed by atoms with Crippen LogP contribution in [-0.4, -0.2) is 88.0 Å². The number of nitriles is 1. The van der Waals surface area contributed by atoms with Crippen LogP contribution in [0.4, 0.5) is 4.79 Å². The zero-order chi connectivity index (χ0) is 32.7. The monoisotopic (exact) mass is 657 g/mol. The number of aliphatic hydroxyl groups excluding tert-OH is 1. The van der Waals surface area contributed by atoms with Gasteiger partial charge in [0.1, 0.15) is 19.3 Å². The average molecular weight is 658 g/mol. The van der Waals surface area contributed by atoms with Crippen molar-refractivity contribution in [1.29, 1.82) is 5.26 Å². The van der Waals surface area contributed by atoms with Gasteiger partial charge in [-0.25, -0.2) is 13.2 Å². The molecule has 0 bridgehead atoms. The number of aliphatic hydroxyl groups is 1. The molecule has 2 aromatic rings. The predicted octanol–water partition coefficient (Wildman–Crippen LogP) is 3.63. The summed E-state index contributed by atoms with van der Waals surface area (Å²) in [6.07, 6.45) is -0.403. The molecule has 2 fully saturated rings. The molecule has 46 heavy (non-hydrogen) atoms. The Labute approximate surface area is 270 Å². The van der Waals surface area contributed by atoms with E-state index in [4.69, 9.17) is 28.9 Å². The fraction of sp³-hybridized carbons (Fsp3) is 0.576. The number of ether oxygens (including phenoxy) is 5. The van der Waals surface area contributed by atoms with Crippen LogP contribution in [0, 0.1) is 22.7 Å². The molecule has 0 aromatic heterocycles. The quantitative estimate of drug-likeness (QED) is 0.288. The lowest BCUT2D eigenvalue weighted by atomic mass is 9.87. The molecule has 5 rings (SSSR count). The van der Waals surface area contributed by atoms with Crippen LogP contribution in [0.5, 0.6) is 11.5 Å². The van der Waals surface area contributed by atoms with Crippen LogP contribution < -0.4 is 14.8 Å². The van der Waals surface area contributed by atoms with E-state index < -0.39 is 39.8 Å². The molecule has 5 atom stereocenters. The number of fused-ring (bicyclic) bond motifs is 2. The Bertz CT molecular complexity index is 1480. The number of alkyl carbamates (subject to hydrolysis) is 1. The molecule has 13 heteroatoms. The van der Waals surface area contributed by atoms with E-state index in [-0.39, 0.29) is 43.2 Å². The third kappa shape index (κ3) is 8.49. The zero-order valence-electron chi connectivity index (χ0n) is 26.3. The second-order valence-electron chi connectivity index (χ2n) is 12.8. The van der Waals surface area contributed by atoms with Gasteiger partial charge in [0, 0.05) is 25.6 Å². The number of sulfonamides is 1. The average Bonchev–Trinajstić information content (AvgIpc) is 3.66. The molecule has 0 unspecified atom stereocenters. The van der Waals surface area contributed by atoms with Crippen molar-refractivity contribution in [2.75, 3.05) is 39.5 Å². The summed E-state index contributed by atoms with van der Waals surface area (Å²) >= 11 is 0. The minimum atomic E-state index is -4.16. The number of carbonyl (C=O) groups excluding carboxylic acids is 1. The van der Waals surface area contributed by atoms with Crippen molar-refractivity contribution in [2.24, 2.45) is 11.3 Å². The Balaban J connectivity index is 1.38. The van der Waals surface area contributed by atoms with Crippen molar-refractivity contribution >= 4 is 16.1 Å². The SMILES string of the molecule is CC(C)(CCCC#N)CN(C[C@@H](O)[C@H](Cc1ccccc1)NC(=O)O[C@H]1CO[C@H]2OCC[C@H]21)S(=O)(=O)c1ccc2c(c1)OCCO2. The fourth-order valence-corrected chi connectivity index (χ4v) is 7.80. The lowest BCUT2D eigenvalue weighted by molar-refractivity contribution is -0.0907. The van der Waals surface area contributed by atoms with E-state index in [1.54, 1.807) is 6.07 Å². The van der Waals surface area contributed by atoms with E-state index in [2.05, 4.69) is 11.4 Å². The highest BCUT2D eigenvalue weighted by Crippen LogP contribution is 2.35. The third-order valence-electron chi connectivity index (χ3n) is 8.60. The molecule has 0 saturated carbocycles. The smallest absolute Gasteiger partial charge is 0.407 e. The van der Waals surface area contributed by atoms with Gasteiger partial charge in [-0.1, -0.05) is 44.2 Å². The first kappa shape index (κ1) is 33.9. The maximum atomic E-state index is 14.2. The maximum absolute atomic E-state index is 14.2. The van der Waals surface area contributed by atoms with Gasteiger partial charge in [0.2, 0.25) is 10.0 Å².